The van der Waals surface area contributed by atoms with Gasteiger partial charge in [-0.1, -0.05) is 26.0 Å². The maximum absolute atomic E-state index is 12.9. The van der Waals surface area contributed by atoms with Crippen molar-refractivity contribution < 1.29 is 22.7 Å². The molecule has 9 heteroatoms. The molecule has 0 unspecified atom stereocenters. The third kappa shape index (κ3) is 5.27. The second kappa shape index (κ2) is 9.72. The van der Waals surface area contributed by atoms with Crippen molar-refractivity contribution in [3.63, 3.8) is 0 Å². The van der Waals surface area contributed by atoms with Crippen LogP contribution in [0.5, 0.6) is 0 Å². The van der Waals surface area contributed by atoms with Crippen molar-refractivity contribution in [3.05, 3.63) is 42.0 Å². The molecule has 0 aliphatic carbocycles. The Labute approximate surface area is 178 Å². The smallest absolute Gasteiger partial charge is 0.246 e. The van der Waals surface area contributed by atoms with Crippen molar-refractivity contribution in [3.8, 4) is 0 Å². The Hall–Kier alpha value is -2.23. The molecule has 2 aliphatic heterocycles. The number of morpholine rings is 1. The second-order valence-corrected chi connectivity index (χ2v) is 9.66. The van der Waals surface area contributed by atoms with Crippen LogP contribution in [0, 0.1) is 0 Å². The molecule has 2 saturated heterocycles. The normalized spacial score (nSPS) is 18.9. The largest absolute Gasteiger partial charge is 0.378 e. The standard InChI is InChI=1S/C21H29N3O5S/c1-17(2)18-3-5-19(6-4-18)30(27,28)24-11-9-22(10-12-24)20(25)7-8-21(26)23-13-15-29-16-14-23/h3-8,17H,9-16H2,1-2H3. The molecule has 0 N–H and O–H groups in total. The lowest BCUT2D eigenvalue weighted by atomic mass is 10.0. The van der Waals surface area contributed by atoms with E-state index in [1.165, 1.54) is 16.5 Å². The van der Waals surface area contributed by atoms with Crippen molar-refractivity contribution in [2.45, 2.75) is 24.7 Å². The van der Waals surface area contributed by atoms with Gasteiger partial charge in [0.15, 0.2) is 0 Å². The molecule has 2 heterocycles. The Bertz CT molecular complexity index is 882. The highest BCUT2D eigenvalue weighted by atomic mass is 32.2. The van der Waals surface area contributed by atoms with Crippen LogP contribution in [0.1, 0.15) is 25.3 Å². The number of rotatable bonds is 5. The summed E-state index contributed by atoms with van der Waals surface area (Å²) in [5.41, 5.74) is 1.09. The van der Waals surface area contributed by atoms with Gasteiger partial charge in [0.25, 0.3) is 0 Å². The number of hydrogen-bond donors (Lipinski definition) is 0. The number of sulfonamides is 1. The number of amides is 2. The zero-order chi connectivity index (χ0) is 21.7. The van der Waals surface area contributed by atoms with Crippen LogP contribution in [-0.4, -0.2) is 86.8 Å². The first-order valence-corrected chi connectivity index (χ1v) is 11.7. The molecule has 8 nitrogen and oxygen atoms in total. The lowest BCUT2D eigenvalue weighted by Gasteiger charge is -2.33. The van der Waals surface area contributed by atoms with Crippen molar-refractivity contribution in [1.29, 1.82) is 0 Å². The topological polar surface area (TPSA) is 87.2 Å². The summed E-state index contributed by atoms with van der Waals surface area (Å²) in [5, 5.41) is 0. The van der Waals surface area contributed by atoms with Gasteiger partial charge in [0.1, 0.15) is 0 Å². The Morgan fingerprint density at radius 3 is 1.87 bits per heavy atom. The van der Waals surface area contributed by atoms with Gasteiger partial charge in [-0.2, -0.15) is 4.31 Å². The van der Waals surface area contributed by atoms with Crippen molar-refractivity contribution >= 4 is 21.8 Å². The van der Waals surface area contributed by atoms with E-state index in [9.17, 15) is 18.0 Å². The Morgan fingerprint density at radius 2 is 1.37 bits per heavy atom. The van der Waals surface area contributed by atoms with E-state index < -0.39 is 10.0 Å². The fourth-order valence-corrected chi connectivity index (χ4v) is 4.88. The molecule has 0 bridgehead atoms. The zero-order valence-corrected chi connectivity index (χ0v) is 18.3. The number of nitrogens with zero attached hydrogens (tertiary/aromatic N) is 3. The fourth-order valence-electron chi connectivity index (χ4n) is 3.46. The molecule has 2 aliphatic rings. The van der Waals surface area contributed by atoms with Gasteiger partial charge < -0.3 is 14.5 Å². The highest BCUT2D eigenvalue weighted by Gasteiger charge is 2.29. The number of carbonyl (C=O) groups excluding carboxylic acids is 2. The van der Waals surface area contributed by atoms with E-state index in [0.29, 0.717) is 32.2 Å². The van der Waals surface area contributed by atoms with Gasteiger partial charge in [0.05, 0.1) is 18.1 Å². The zero-order valence-electron chi connectivity index (χ0n) is 17.5. The molecule has 0 atom stereocenters. The lowest BCUT2D eigenvalue weighted by Crippen LogP contribution is -2.50. The summed E-state index contributed by atoms with van der Waals surface area (Å²) in [6.07, 6.45) is 2.56. The van der Waals surface area contributed by atoms with Gasteiger partial charge in [-0.15, -0.1) is 0 Å². The van der Waals surface area contributed by atoms with Gasteiger partial charge in [0, 0.05) is 51.4 Å². The number of hydrogen-bond acceptors (Lipinski definition) is 5. The first-order chi connectivity index (χ1) is 14.3. The second-order valence-electron chi connectivity index (χ2n) is 7.72. The third-order valence-electron chi connectivity index (χ3n) is 5.43. The molecule has 0 saturated carbocycles. The monoisotopic (exact) mass is 435 g/mol. The van der Waals surface area contributed by atoms with Crippen LogP contribution in [0.2, 0.25) is 0 Å². The van der Waals surface area contributed by atoms with Gasteiger partial charge >= 0.3 is 0 Å². The molecular weight excluding hydrogens is 406 g/mol. The van der Waals surface area contributed by atoms with E-state index in [1.807, 2.05) is 12.1 Å². The molecule has 0 radical (unpaired) electrons. The third-order valence-corrected chi connectivity index (χ3v) is 7.34. The van der Waals surface area contributed by atoms with E-state index >= 15 is 0 Å². The highest BCUT2D eigenvalue weighted by Crippen LogP contribution is 2.21. The minimum absolute atomic E-state index is 0.210. The predicted molar refractivity (Wildman–Crippen MR) is 112 cm³/mol. The van der Waals surface area contributed by atoms with Crippen molar-refractivity contribution in [2.75, 3.05) is 52.5 Å². The maximum Gasteiger partial charge on any atom is 0.246 e. The van der Waals surface area contributed by atoms with Crippen LogP contribution in [0.15, 0.2) is 41.3 Å². The number of ether oxygens (including phenoxy) is 1. The van der Waals surface area contributed by atoms with Crippen LogP contribution < -0.4 is 0 Å². The molecule has 2 fully saturated rings. The maximum atomic E-state index is 12.9. The summed E-state index contributed by atoms with van der Waals surface area (Å²) in [4.78, 5) is 28.0. The number of benzene rings is 1. The molecular formula is C21H29N3O5S. The molecule has 2 amide bonds. The van der Waals surface area contributed by atoms with Crippen molar-refractivity contribution in [1.82, 2.24) is 14.1 Å². The first kappa shape index (κ1) is 22.5. The van der Waals surface area contributed by atoms with Gasteiger partial charge in [0.2, 0.25) is 21.8 Å². The average Bonchev–Trinajstić information content (AvgIpc) is 2.78. The highest BCUT2D eigenvalue weighted by molar-refractivity contribution is 7.89. The number of carbonyl (C=O) groups is 2. The number of piperazine rings is 1. The summed E-state index contributed by atoms with van der Waals surface area (Å²) in [5.74, 6) is -0.160. The predicted octanol–water partition coefficient (Wildman–Crippen LogP) is 1.06. The molecule has 1 aromatic rings. The minimum Gasteiger partial charge on any atom is -0.378 e. The summed E-state index contributed by atoms with van der Waals surface area (Å²) in [7, 11) is -3.59. The molecule has 3 rings (SSSR count). The Kier molecular flexibility index (Phi) is 7.27. The minimum atomic E-state index is -3.59. The fraction of sp³-hybridized carbons (Fsp3) is 0.524. The average molecular weight is 436 g/mol. The molecule has 30 heavy (non-hydrogen) atoms. The molecule has 164 valence electrons. The first-order valence-electron chi connectivity index (χ1n) is 10.2. The summed E-state index contributed by atoms with van der Waals surface area (Å²) in [6.45, 7) is 7.20. The van der Waals surface area contributed by atoms with Crippen LogP contribution in [0.3, 0.4) is 0 Å². The SMILES string of the molecule is CC(C)c1ccc(S(=O)(=O)N2CCN(C(=O)C=CC(=O)N3CCOCC3)CC2)cc1. The Balaban J connectivity index is 1.55. The quantitative estimate of drug-likeness (QED) is 0.646. The van der Waals surface area contributed by atoms with E-state index in [4.69, 9.17) is 4.74 Å². The van der Waals surface area contributed by atoms with Gasteiger partial charge in [-0.25, -0.2) is 8.42 Å². The van der Waals surface area contributed by atoms with E-state index in [0.717, 1.165) is 5.56 Å². The van der Waals surface area contributed by atoms with Crippen LogP contribution in [0.4, 0.5) is 0 Å². The molecule has 1 aromatic carbocycles. The Morgan fingerprint density at radius 1 is 0.867 bits per heavy atom. The van der Waals surface area contributed by atoms with Gasteiger partial charge in [-0.3, -0.25) is 9.59 Å². The molecule has 0 spiro atoms. The van der Waals surface area contributed by atoms with Gasteiger partial charge in [-0.05, 0) is 23.6 Å². The van der Waals surface area contributed by atoms with Crippen LogP contribution >= 0.6 is 0 Å². The lowest BCUT2D eigenvalue weighted by molar-refractivity contribution is -0.131. The van der Waals surface area contributed by atoms with E-state index in [-0.39, 0.29) is 42.9 Å². The molecule has 0 aromatic heterocycles. The van der Waals surface area contributed by atoms with Crippen LogP contribution in [-0.2, 0) is 24.3 Å². The van der Waals surface area contributed by atoms with Crippen molar-refractivity contribution in [2.24, 2.45) is 0 Å². The van der Waals surface area contributed by atoms with E-state index in [2.05, 4.69) is 13.8 Å². The summed E-state index contributed by atoms with van der Waals surface area (Å²) >= 11 is 0. The van der Waals surface area contributed by atoms with E-state index in [1.54, 1.807) is 21.9 Å². The van der Waals surface area contributed by atoms with Crippen LogP contribution in [0.25, 0.3) is 0 Å². The summed E-state index contributed by atoms with van der Waals surface area (Å²) in [6, 6.07) is 6.96. The summed E-state index contributed by atoms with van der Waals surface area (Å²) < 4.78 is 32.4.